The maximum absolute atomic E-state index is 13.3. The summed E-state index contributed by atoms with van der Waals surface area (Å²) in [6.07, 6.45) is 3.45. The maximum atomic E-state index is 13.3. The van der Waals surface area contributed by atoms with E-state index in [-0.39, 0.29) is 23.4 Å². The summed E-state index contributed by atoms with van der Waals surface area (Å²) >= 11 is 0. The molecule has 1 unspecified atom stereocenters. The Morgan fingerprint density at radius 1 is 1.09 bits per heavy atom. The lowest BCUT2D eigenvalue weighted by Gasteiger charge is -2.25. The van der Waals surface area contributed by atoms with Crippen LogP contribution in [0.5, 0.6) is 0 Å². The van der Waals surface area contributed by atoms with Gasteiger partial charge in [-0.2, -0.15) is 0 Å². The van der Waals surface area contributed by atoms with Gasteiger partial charge in [0.05, 0.1) is 24.6 Å². The molecule has 1 atom stereocenters. The number of pyridine rings is 1. The van der Waals surface area contributed by atoms with Gasteiger partial charge in [-0.3, -0.25) is 19.3 Å². The first-order chi connectivity index (χ1) is 15.9. The zero-order chi connectivity index (χ0) is 23.1. The minimum atomic E-state index is -0.270. The average molecular weight is 444 g/mol. The van der Waals surface area contributed by atoms with Crippen molar-refractivity contribution >= 4 is 17.6 Å². The summed E-state index contributed by atoms with van der Waals surface area (Å²) in [6.45, 7) is 2.95. The largest absolute Gasteiger partial charge is 0.328 e. The molecule has 0 aliphatic carbocycles. The summed E-state index contributed by atoms with van der Waals surface area (Å²) in [5.74, 6) is 1.07. The number of likely N-dealkylation sites (tertiary alicyclic amines) is 1. The molecule has 8 nitrogen and oxygen atoms in total. The monoisotopic (exact) mass is 443 g/mol. The number of nitrogens with zero attached hydrogens (tertiary/aromatic N) is 5. The molecule has 1 aromatic carbocycles. The summed E-state index contributed by atoms with van der Waals surface area (Å²) in [5, 5.41) is 0. The number of amides is 2. The molecule has 3 aromatic rings. The van der Waals surface area contributed by atoms with Crippen LogP contribution in [0.3, 0.4) is 0 Å². The van der Waals surface area contributed by atoms with E-state index in [9.17, 15) is 14.4 Å². The Labute approximate surface area is 191 Å². The van der Waals surface area contributed by atoms with E-state index in [1.807, 2.05) is 37.3 Å². The van der Waals surface area contributed by atoms with E-state index < -0.39 is 0 Å². The van der Waals surface area contributed by atoms with Crippen LogP contribution < -0.4 is 10.5 Å². The van der Waals surface area contributed by atoms with Crippen LogP contribution >= 0.6 is 0 Å². The van der Waals surface area contributed by atoms with Gasteiger partial charge in [-0.15, -0.1) is 0 Å². The predicted molar refractivity (Wildman–Crippen MR) is 123 cm³/mol. The number of benzene rings is 1. The van der Waals surface area contributed by atoms with E-state index in [1.165, 1.54) is 10.6 Å². The first-order valence-corrected chi connectivity index (χ1v) is 11.1. The molecular formula is C25H25N5O3. The molecular weight excluding hydrogens is 418 g/mol. The second-order valence-electron chi connectivity index (χ2n) is 8.64. The molecule has 0 saturated carbocycles. The molecule has 0 bridgehead atoms. The van der Waals surface area contributed by atoms with Crippen molar-refractivity contribution in [1.29, 1.82) is 0 Å². The summed E-state index contributed by atoms with van der Waals surface area (Å²) < 4.78 is 1.40. The molecule has 4 heterocycles. The molecule has 2 amide bonds. The number of hydrogen-bond acceptors (Lipinski definition) is 5. The van der Waals surface area contributed by atoms with Crippen LogP contribution in [0, 0.1) is 6.92 Å². The van der Waals surface area contributed by atoms with Gasteiger partial charge in [0.2, 0.25) is 11.5 Å². The van der Waals surface area contributed by atoms with E-state index in [4.69, 9.17) is 9.97 Å². The smallest absolute Gasteiger partial charge is 0.255 e. The molecule has 8 heteroatoms. The minimum absolute atomic E-state index is 0.00737. The van der Waals surface area contributed by atoms with E-state index in [0.717, 1.165) is 29.7 Å². The van der Waals surface area contributed by atoms with Crippen molar-refractivity contribution in [2.75, 3.05) is 11.4 Å². The number of rotatable bonds is 4. The van der Waals surface area contributed by atoms with Gasteiger partial charge in [0, 0.05) is 37.1 Å². The van der Waals surface area contributed by atoms with Crippen LogP contribution in [0.2, 0.25) is 0 Å². The van der Waals surface area contributed by atoms with Gasteiger partial charge in [-0.05, 0) is 31.4 Å². The lowest BCUT2D eigenvalue weighted by molar-refractivity contribution is -0.117. The maximum Gasteiger partial charge on any atom is 0.255 e. The van der Waals surface area contributed by atoms with Crippen molar-refractivity contribution in [3.8, 4) is 0 Å². The molecule has 1 saturated heterocycles. The van der Waals surface area contributed by atoms with Crippen LogP contribution in [-0.2, 0) is 24.8 Å². The third-order valence-electron chi connectivity index (χ3n) is 6.42. The number of fused-ring (bicyclic) bond motifs is 1. The van der Waals surface area contributed by atoms with Crippen LogP contribution in [0.15, 0.2) is 53.5 Å². The first-order valence-electron chi connectivity index (χ1n) is 11.1. The zero-order valence-corrected chi connectivity index (χ0v) is 18.7. The van der Waals surface area contributed by atoms with Crippen molar-refractivity contribution in [3.63, 3.8) is 0 Å². The van der Waals surface area contributed by atoms with Crippen molar-refractivity contribution in [1.82, 2.24) is 19.4 Å². The molecule has 2 aliphatic heterocycles. The highest BCUT2D eigenvalue weighted by atomic mass is 16.2. The quantitative estimate of drug-likeness (QED) is 0.618. The van der Waals surface area contributed by atoms with Crippen LogP contribution in [0.1, 0.15) is 51.9 Å². The molecule has 2 aliphatic rings. The van der Waals surface area contributed by atoms with Gasteiger partial charge in [-0.1, -0.05) is 30.3 Å². The summed E-state index contributed by atoms with van der Waals surface area (Å²) in [7, 11) is 1.63. The van der Waals surface area contributed by atoms with Crippen LogP contribution in [0.25, 0.3) is 0 Å². The number of aromatic nitrogens is 3. The zero-order valence-electron chi connectivity index (χ0n) is 18.7. The van der Waals surface area contributed by atoms with Crippen LogP contribution in [-0.4, -0.2) is 37.8 Å². The Hall–Kier alpha value is -3.81. The van der Waals surface area contributed by atoms with Crippen molar-refractivity contribution < 1.29 is 9.59 Å². The lowest BCUT2D eigenvalue weighted by atomic mass is 10.1. The molecule has 0 spiro atoms. The fourth-order valence-corrected chi connectivity index (χ4v) is 4.64. The van der Waals surface area contributed by atoms with Gasteiger partial charge in [0.25, 0.3) is 5.91 Å². The highest BCUT2D eigenvalue weighted by molar-refractivity contribution is 6.00. The topological polar surface area (TPSA) is 88.4 Å². The Bertz CT molecular complexity index is 1300. The van der Waals surface area contributed by atoms with Gasteiger partial charge in [0.15, 0.2) is 5.82 Å². The van der Waals surface area contributed by atoms with Crippen molar-refractivity contribution in [2.24, 2.45) is 7.05 Å². The van der Waals surface area contributed by atoms with E-state index >= 15 is 0 Å². The average Bonchev–Trinajstić information content (AvgIpc) is 3.42. The first kappa shape index (κ1) is 21.1. The van der Waals surface area contributed by atoms with E-state index in [2.05, 4.69) is 0 Å². The standard InChI is InChI=1S/C25H25N5O3/c1-16-19-13-22(32)30(14-17-7-4-3-5-8-17)24(19)27-23(26-16)20-9-6-12-29(20)25(33)18-10-11-21(31)28(2)15-18/h3-5,7-8,10-11,15,20H,6,9,12-14H2,1-2H3. The Balaban J connectivity index is 1.48. The van der Waals surface area contributed by atoms with Gasteiger partial charge in [-0.25, -0.2) is 9.97 Å². The molecule has 5 rings (SSSR count). The molecule has 168 valence electrons. The Morgan fingerprint density at radius 2 is 1.88 bits per heavy atom. The highest BCUT2D eigenvalue weighted by Gasteiger charge is 2.36. The second kappa shape index (κ2) is 8.27. The van der Waals surface area contributed by atoms with Crippen LogP contribution in [0.4, 0.5) is 5.82 Å². The van der Waals surface area contributed by atoms with Gasteiger partial charge >= 0.3 is 0 Å². The van der Waals surface area contributed by atoms with Gasteiger partial charge in [0.1, 0.15) is 5.82 Å². The van der Waals surface area contributed by atoms with Crippen molar-refractivity contribution in [3.05, 3.63) is 87.2 Å². The molecule has 2 aromatic heterocycles. The second-order valence-corrected chi connectivity index (χ2v) is 8.64. The van der Waals surface area contributed by atoms with E-state index in [1.54, 1.807) is 29.1 Å². The SMILES string of the molecule is Cc1nc(C2CCCN2C(=O)c2ccc(=O)n(C)c2)nc2c1CC(=O)N2Cc1ccccc1. The fourth-order valence-electron chi connectivity index (χ4n) is 4.64. The fraction of sp³-hybridized carbons (Fsp3) is 0.320. The number of anilines is 1. The third-order valence-corrected chi connectivity index (χ3v) is 6.42. The number of carbonyl (C=O) groups is 2. The molecule has 0 N–H and O–H groups in total. The molecule has 1 fully saturated rings. The Kier molecular flexibility index (Phi) is 5.28. The molecule has 33 heavy (non-hydrogen) atoms. The minimum Gasteiger partial charge on any atom is -0.328 e. The number of hydrogen-bond donors (Lipinski definition) is 0. The predicted octanol–water partition coefficient (Wildman–Crippen LogP) is 2.55. The Morgan fingerprint density at radius 3 is 2.64 bits per heavy atom. The lowest BCUT2D eigenvalue weighted by Crippen LogP contribution is -2.33. The number of aryl methyl sites for hydroxylation is 2. The van der Waals surface area contributed by atoms with Gasteiger partial charge < -0.3 is 9.47 Å². The summed E-state index contributed by atoms with van der Waals surface area (Å²) in [6, 6.07) is 12.5. The molecule has 0 radical (unpaired) electrons. The summed E-state index contributed by atoms with van der Waals surface area (Å²) in [5.41, 5.74) is 2.96. The highest BCUT2D eigenvalue weighted by Crippen LogP contribution is 2.36. The summed E-state index contributed by atoms with van der Waals surface area (Å²) in [4.78, 5) is 50.8. The van der Waals surface area contributed by atoms with Crippen molar-refractivity contribution in [2.45, 2.75) is 38.8 Å². The normalized spacial score (nSPS) is 17.5. The number of carbonyl (C=O) groups excluding carboxylic acids is 2. The third kappa shape index (κ3) is 3.82. The van der Waals surface area contributed by atoms with E-state index in [0.29, 0.717) is 36.7 Å².